The van der Waals surface area contributed by atoms with Crippen molar-refractivity contribution in [3.8, 4) is 0 Å². The van der Waals surface area contributed by atoms with Crippen LogP contribution in [0.4, 0.5) is 0 Å². The molecule has 0 fully saturated rings. The molecule has 0 aliphatic rings. The Kier molecular flexibility index (Phi) is 48.0. The Morgan fingerprint density at radius 2 is 0.437 bits per heavy atom. The van der Waals surface area contributed by atoms with Gasteiger partial charge in [-0.25, -0.2) is 0 Å². The van der Waals surface area contributed by atoms with E-state index in [1.165, 1.54) is 53.4 Å². The van der Waals surface area contributed by atoms with Gasteiger partial charge >= 0.3 is 29.6 Å². The summed E-state index contributed by atoms with van der Waals surface area (Å²) in [5.41, 5.74) is 33.5. The SMILES string of the molecule is Cc1ccc(S(=O)(=O)OCCOCCOCCOCCN=[N+]=[N-])cc1.Cc1ccc(S(=O)(=O)OCCOCCOCCOCCN=[N+]=[N-])cc1.Cc1ccc(S(=O)(=O)OCCOCCOCCOCCOS(=O)(=O)c2ccc(C)cc2)cc1.[N-]=[N+]=[N-].[Na+]. The van der Waals surface area contributed by atoms with E-state index in [0.717, 1.165) is 22.3 Å². The Hall–Kier alpha value is -4.91. The molecule has 4 rings (SSSR count). The van der Waals surface area contributed by atoms with Crippen LogP contribution in [0.15, 0.2) is 127 Å². The van der Waals surface area contributed by atoms with E-state index in [1.54, 1.807) is 48.5 Å². The molecule has 0 saturated carbocycles. The van der Waals surface area contributed by atoms with E-state index >= 15 is 0 Å². The molecule has 0 heterocycles. The normalized spacial score (nSPS) is 11.2. The van der Waals surface area contributed by atoms with Gasteiger partial charge in [0.05, 0.1) is 165 Å². The van der Waals surface area contributed by atoms with Gasteiger partial charge in [0.15, 0.2) is 0 Å². The minimum atomic E-state index is -3.79. The van der Waals surface area contributed by atoms with Crippen molar-refractivity contribution < 1.29 is 123 Å². The second kappa shape index (κ2) is 50.9. The van der Waals surface area contributed by atoms with Crippen LogP contribution < -0.4 is 29.6 Å². The average Bonchev–Trinajstić information content (AvgIpc) is 3.69. The first-order valence-electron chi connectivity index (χ1n) is 26.3. The van der Waals surface area contributed by atoms with Crippen LogP contribution in [0, 0.1) is 27.7 Å². The summed E-state index contributed by atoms with van der Waals surface area (Å²) in [5, 5.41) is 6.66. The van der Waals surface area contributed by atoms with Gasteiger partial charge in [0.2, 0.25) is 0 Å². The maximum Gasteiger partial charge on any atom is 1.00 e. The minimum absolute atomic E-state index is 0. The first-order chi connectivity index (χ1) is 41.2. The van der Waals surface area contributed by atoms with E-state index in [4.69, 9.17) is 81.5 Å². The van der Waals surface area contributed by atoms with Gasteiger partial charge in [0.1, 0.15) is 0 Å². The molecule has 0 unspecified atom stereocenters. The van der Waals surface area contributed by atoms with Gasteiger partial charge in [-0.3, -0.25) is 21.6 Å². The third kappa shape index (κ3) is 42.6. The number of hydrogen-bond donors (Lipinski definition) is 0. The predicted molar refractivity (Wildman–Crippen MR) is 313 cm³/mol. The van der Waals surface area contributed by atoms with E-state index in [-0.39, 0.29) is 115 Å². The Morgan fingerprint density at radius 3 is 0.598 bits per heavy atom. The first kappa shape index (κ1) is 82.1. The number of rotatable bonds is 44. The molecule has 0 atom stereocenters. The largest absolute Gasteiger partial charge is 1.00 e. The Bertz CT molecular complexity index is 2840. The van der Waals surface area contributed by atoms with Gasteiger partial charge in [-0.2, -0.15) is 33.7 Å². The fourth-order valence-corrected chi connectivity index (χ4v) is 9.40. The van der Waals surface area contributed by atoms with Crippen molar-refractivity contribution in [2.75, 3.05) is 158 Å². The summed E-state index contributed by atoms with van der Waals surface area (Å²) in [6.45, 7) is 13.1. The number of benzene rings is 4. The van der Waals surface area contributed by atoms with E-state index in [2.05, 4.69) is 20.1 Å². The van der Waals surface area contributed by atoms with Crippen LogP contribution in [-0.4, -0.2) is 192 Å². The summed E-state index contributed by atoms with van der Waals surface area (Å²) in [6, 6.07) is 25.7. The Balaban J connectivity index is 0.00000126. The molecule has 35 heteroatoms. The quantitative estimate of drug-likeness (QED) is 0.0147. The van der Waals surface area contributed by atoms with E-state index in [0.29, 0.717) is 92.4 Å². The van der Waals surface area contributed by atoms with Crippen LogP contribution in [0.5, 0.6) is 0 Å². The van der Waals surface area contributed by atoms with Crippen molar-refractivity contribution in [1.29, 1.82) is 0 Å². The number of aryl methyl sites for hydroxylation is 4. The summed E-state index contributed by atoms with van der Waals surface area (Å²) in [7, 11) is -15.1. The van der Waals surface area contributed by atoms with Crippen LogP contribution in [0.3, 0.4) is 0 Å². The molecule has 0 aliphatic heterocycles. The Morgan fingerprint density at radius 1 is 0.287 bits per heavy atom. The molecule has 480 valence electrons. The molecular formula is C52H76N9NaO21S4. The molecule has 0 radical (unpaired) electrons. The fraction of sp³-hybridized carbons (Fsp3) is 0.538. The topological polar surface area (TPSA) is 413 Å². The zero-order valence-corrected chi connectivity index (χ0v) is 54.7. The molecule has 0 bridgehead atoms. The molecule has 30 nitrogen and oxygen atoms in total. The number of azide groups is 2. The van der Waals surface area contributed by atoms with Crippen LogP contribution in [0.1, 0.15) is 22.3 Å². The third-order valence-corrected chi connectivity index (χ3v) is 15.4. The predicted octanol–water partition coefficient (Wildman–Crippen LogP) is 4.45. The van der Waals surface area contributed by atoms with Crippen LogP contribution in [0.2, 0.25) is 0 Å². The number of ether oxygens (including phenoxy) is 9. The molecule has 87 heavy (non-hydrogen) atoms. The van der Waals surface area contributed by atoms with Gasteiger partial charge in [-0.1, -0.05) is 81.0 Å². The van der Waals surface area contributed by atoms with E-state index < -0.39 is 40.5 Å². The van der Waals surface area contributed by atoms with Gasteiger partial charge in [0.25, 0.3) is 40.5 Å². The van der Waals surface area contributed by atoms with Gasteiger partial charge in [-0.05, 0) is 87.3 Å². The zero-order chi connectivity index (χ0) is 63.6. The molecular weight excluding hydrogens is 1240 g/mol. The molecule has 0 spiro atoms. The summed E-state index contributed by atoms with van der Waals surface area (Å²) in [5.74, 6) is 0. The van der Waals surface area contributed by atoms with E-state index in [1.807, 2.05) is 27.7 Å². The van der Waals surface area contributed by atoms with Crippen LogP contribution in [0.25, 0.3) is 36.9 Å². The number of hydrogen-bond acceptors (Lipinski definition) is 23. The minimum Gasteiger partial charge on any atom is -0.379 e. The molecule has 0 amide bonds. The molecule has 4 aromatic rings. The number of nitrogens with zero attached hydrogens (tertiary/aromatic N) is 9. The standard InChI is InChI=1S/C22H30O9S2.2C15H23N3O6S.N3.Na/c1-19-3-7-21(8-4-19)32(23,24)30-17-15-28-13-11-27-12-14-29-16-18-31-33(25,26)22-9-5-20(2)6-10-22;2*1-14-2-4-15(5-3-14)25(19,20)24-13-12-23-11-10-22-9-8-21-7-6-17-18-16;1-3-2;/h3-10H,11-18H2,1-2H3;2*2-5H,6-13H2,1H3;;/q;;;-1;+1. The maximum atomic E-state index is 12.0. The maximum absolute atomic E-state index is 12.0. The van der Waals surface area contributed by atoms with Gasteiger partial charge < -0.3 is 53.7 Å². The summed E-state index contributed by atoms with van der Waals surface area (Å²) < 4.78 is 162. The second-order valence-corrected chi connectivity index (χ2v) is 23.3. The monoisotopic (exact) mass is 1310 g/mol. The van der Waals surface area contributed by atoms with Crippen molar-refractivity contribution in [1.82, 2.24) is 0 Å². The molecule has 4 aromatic carbocycles. The molecule has 0 aromatic heterocycles. The van der Waals surface area contributed by atoms with Crippen molar-refractivity contribution in [2.24, 2.45) is 10.2 Å². The summed E-state index contributed by atoms with van der Waals surface area (Å²) >= 11 is 0. The summed E-state index contributed by atoms with van der Waals surface area (Å²) in [6.07, 6.45) is 0. The van der Waals surface area contributed by atoms with Gasteiger partial charge in [-0.15, -0.1) is 0 Å². The van der Waals surface area contributed by atoms with Crippen LogP contribution >= 0.6 is 0 Å². The molecule has 0 aliphatic carbocycles. The average molecular weight is 1310 g/mol. The smallest absolute Gasteiger partial charge is 0.379 e. The third-order valence-electron chi connectivity index (χ3n) is 10.1. The molecule has 0 N–H and O–H groups in total. The summed E-state index contributed by atoms with van der Waals surface area (Å²) in [4.78, 5) is 7.17. The van der Waals surface area contributed by atoms with Crippen molar-refractivity contribution in [2.45, 2.75) is 47.3 Å². The van der Waals surface area contributed by atoms with E-state index in [9.17, 15) is 33.7 Å². The second-order valence-electron chi connectivity index (χ2n) is 16.9. The molecule has 0 saturated heterocycles. The zero-order valence-electron chi connectivity index (χ0n) is 49.4. The van der Waals surface area contributed by atoms with Crippen LogP contribution in [-0.2, 0) is 99.8 Å². The first-order valence-corrected chi connectivity index (χ1v) is 31.9. The van der Waals surface area contributed by atoms with Crippen molar-refractivity contribution in [3.63, 3.8) is 0 Å². The Labute approximate surface area is 531 Å². The van der Waals surface area contributed by atoms with Gasteiger partial charge in [0, 0.05) is 22.9 Å². The fourth-order valence-electron chi connectivity index (χ4n) is 5.83. The van der Waals surface area contributed by atoms with Crippen molar-refractivity contribution >= 4 is 40.5 Å². The van der Waals surface area contributed by atoms with Crippen molar-refractivity contribution in [3.05, 3.63) is 156 Å².